The summed E-state index contributed by atoms with van der Waals surface area (Å²) in [5, 5.41) is 0. The van der Waals surface area contributed by atoms with Gasteiger partial charge >= 0.3 is 0 Å². The monoisotopic (exact) mass is 346 g/mol. The highest BCUT2D eigenvalue weighted by atomic mass is 127. The van der Waals surface area contributed by atoms with Gasteiger partial charge in [-0.2, -0.15) is 0 Å². The quantitative estimate of drug-likeness (QED) is 0.846. The van der Waals surface area contributed by atoms with Crippen LogP contribution in [0.25, 0.3) is 0 Å². The fraction of sp³-hybridized carbons (Fsp3) is 0.333. The molecule has 0 atom stereocenters. The predicted octanol–water partition coefficient (Wildman–Crippen LogP) is 1.87. The number of primary amides is 1. The average molecular weight is 346 g/mol. The van der Waals surface area contributed by atoms with E-state index in [0.29, 0.717) is 27.8 Å². The molecule has 0 fully saturated rings. The minimum atomic E-state index is -0.564. The summed E-state index contributed by atoms with van der Waals surface area (Å²) in [6.45, 7) is 5.02. The Balaban J connectivity index is 3.26. The van der Waals surface area contributed by atoms with Crippen LogP contribution in [0.4, 0.5) is 0 Å². The van der Waals surface area contributed by atoms with Crippen LogP contribution in [0.3, 0.4) is 0 Å². The van der Waals surface area contributed by atoms with Gasteiger partial charge in [-0.15, -0.1) is 0 Å². The van der Waals surface area contributed by atoms with Crippen LogP contribution in [-0.4, -0.2) is 29.8 Å². The smallest absolute Gasteiger partial charge is 0.254 e. The first-order valence-electron chi connectivity index (χ1n) is 5.40. The predicted molar refractivity (Wildman–Crippen MR) is 74.9 cm³/mol. The van der Waals surface area contributed by atoms with Crippen LogP contribution in [0.1, 0.15) is 34.6 Å². The maximum atomic E-state index is 12.2. The first-order chi connectivity index (χ1) is 8.02. The second kappa shape index (κ2) is 6.00. The third-order valence-corrected chi connectivity index (χ3v) is 3.44. The lowest BCUT2D eigenvalue weighted by Gasteiger charge is -2.20. The highest BCUT2D eigenvalue weighted by molar-refractivity contribution is 14.1. The molecule has 0 aliphatic carbocycles. The second-order valence-electron chi connectivity index (χ2n) is 3.50. The van der Waals surface area contributed by atoms with Crippen molar-refractivity contribution >= 4 is 34.4 Å². The number of hydrogen-bond donors (Lipinski definition) is 1. The molecule has 2 amide bonds. The largest absolute Gasteiger partial charge is 0.366 e. The fourth-order valence-electron chi connectivity index (χ4n) is 1.63. The summed E-state index contributed by atoms with van der Waals surface area (Å²) < 4.78 is 0.702. The minimum absolute atomic E-state index is 0.151. The van der Waals surface area contributed by atoms with Crippen LogP contribution >= 0.6 is 22.6 Å². The number of halogens is 1. The molecule has 0 bridgehead atoms. The minimum Gasteiger partial charge on any atom is -0.366 e. The molecule has 0 heterocycles. The molecule has 1 rings (SSSR count). The Kier molecular flexibility index (Phi) is 4.92. The SMILES string of the molecule is CCN(CC)C(=O)c1cccc(I)c1C(N)=O. The van der Waals surface area contributed by atoms with E-state index in [9.17, 15) is 9.59 Å². The standard InChI is InChI=1S/C12H15IN2O2/c1-3-15(4-2)12(17)8-6-5-7-9(13)10(8)11(14)16/h5-7H,3-4H2,1-2H3,(H2,14,16). The summed E-state index contributed by atoms with van der Waals surface area (Å²) >= 11 is 2.01. The van der Waals surface area contributed by atoms with Crippen LogP contribution in [0.15, 0.2) is 18.2 Å². The van der Waals surface area contributed by atoms with Gasteiger partial charge in [0.1, 0.15) is 0 Å². The van der Waals surface area contributed by atoms with Gasteiger partial charge < -0.3 is 10.6 Å². The highest BCUT2D eigenvalue weighted by Crippen LogP contribution is 2.18. The van der Waals surface area contributed by atoms with Crippen molar-refractivity contribution in [3.05, 3.63) is 32.9 Å². The lowest BCUT2D eigenvalue weighted by Crippen LogP contribution is -2.32. The Morgan fingerprint density at radius 1 is 1.29 bits per heavy atom. The topological polar surface area (TPSA) is 63.4 Å². The van der Waals surface area contributed by atoms with Gasteiger partial charge in [0.25, 0.3) is 11.8 Å². The molecule has 0 aliphatic heterocycles. The lowest BCUT2D eigenvalue weighted by molar-refractivity contribution is 0.0767. The normalized spacial score (nSPS) is 10.1. The van der Waals surface area contributed by atoms with Gasteiger partial charge in [-0.1, -0.05) is 6.07 Å². The van der Waals surface area contributed by atoms with Crippen LogP contribution in [-0.2, 0) is 0 Å². The molecular formula is C12H15IN2O2. The van der Waals surface area contributed by atoms with Crippen molar-refractivity contribution in [3.8, 4) is 0 Å². The number of carbonyl (C=O) groups is 2. The van der Waals surface area contributed by atoms with Crippen LogP contribution in [0.2, 0.25) is 0 Å². The van der Waals surface area contributed by atoms with Crippen molar-refractivity contribution in [1.82, 2.24) is 4.90 Å². The highest BCUT2D eigenvalue weighted by Gasteiger charge is 2.20. The second-order valence-corrected chi connectivity index (χ2v) is 4.67. The maximum absolute atomic E-state index is 12.2. The molecule has 0 saturated heterocycles. The summed E-state index contributed by atoms with van der Waals surface area (Å²) in [5.74, 6) is -0.715. The molecule has 2 N–H and O–H groups in total. The summed E-state index contributed by atoms with van der Waals surface area (Å²) in [6, 6.07) is 5.16. The van der Waals surface area contributed by atoms with E-state index < -0.39 is 5.91 Å². The van der Waals surface area contributed by atoms with Gasteiger partial charge in [0.2, 0.25) is 0 Å². The van der Waals surface area contributed by atoms with Crippen LogP contribution in [0.5, 0.6) is 0 Å². The molecule has 0 saturated carbocycles. The molecule has 0 unspecified atom stereocenters. The molecule has 5 heteroatoms. The number of nitrogens with zero attached hydrogens (tertiary/aromatic N) is 1. The van der Waals surface area contributed by atoms with Gasteiger partial charge in [0.05, 0.1) is 11.1 Å². The zero-order chi connectivity index (χ0) is 13.0. The Morgan fingerprint density at radius 2 is 1.88 bits per heavy atom. The van der Waals surface area contributed by atoms with E-state index in [1.165, 1.54) is 0 Å². The number of benzene rings is 1. The molecule has 1 aromatic rings. The number of hydrogen-bond acceptors (Lipinski definition) is 2. The number of rotatable bonds is 4. The molecule has 1 aromatic carbocycles. The van der Waals surface area contributed by atoms with Crippen molar-refractivity contribution < 1.29 is 9.59 Å². The van der Waals surface area contributed by atoms with Crippen molar-refractivity contribution in [2.45, 2.75) is 13.8 Å². The Morgan fingerprint density at radius 3 is 2.35 bits per heavy atom. The Labute approximate surface area is 114 Å². The van der Waals surface area contributed by atoms with Crippen LogP contribution in [0, 0.1) is 3.57 Å². The zero-order valence-corrected chi connectivity index (χ0v) is 12.0. The van der Waals surface area contributed by atoms with Crippen molar-refractivity contribution in [2.75, 3.05) is 13.1 Å². The molecule has 0 radical (unpaired) electrons. The van der Waals surface area contributed by atoms with Gasteiger partial charge in [-0.3, -0.25) is 9.59 Å². The third-order valence-electron chi connectivity index (χ3n) is 2.54. The van der Waals surface area contributed by atoms with Gasteiger partial charge in [0, 0.05) is 16.7 Å². The number of nitrogens with two attached hydrogens (primary N) is 1. The van der Waals surface area contributed by atoms with E-state index in [0.717, 1.165) is 0 Å². The molecule has 17 heavy (non-hydrogen) atoms. The Hall–Kier alpha value is -1.11. The van der Waals surface area contributed by atoms with Crippen molar-refractivity contribution in [2.24, 2.45) is 5.73 Å². The van der Waals surface area contributed by atoms with E-state index >= 15 is 0 Å². The molecule has 0 aromatic heterocycles. The maximum Gasteiger partial charge on any atom is 0.254 e. The molecule has 4 nitrogen and oxygen atoms in total. The molecular weight excluding hydrogens is 331 g/mol. The lowest BCUT2D eigenvalue weighted by atomic mass is 10.1. The molecule has 0 aliphatic rings. The van der Waals surface area contributed by atoms with E-state index in [-0.39, 0.29) is 5.91 Å². The Bertz CT molecular complexity index is 442. The third kappa shape index (κ3) is 2.96. The zero-order valence-electron chi connectivity index (χ0n) is 9.87. The van der Waals surface area contributed by atoms with E-state index in [2.05, 4.69) is 0 Å². The summed E-state index contributed by atoms with van der Waals surface area (Å²) in [6.07, 6.45) is 0. The van der Waals surface area contributed by atoms with Crippen molar-refractivity contribution in [1.29, 1.82) is 0 Å². The summed E-state index contributed by atoms with van der Waals surface area (Å²) in [4.78, 5) is 25.3. The number of amides is 2. The van der Waals surface area contributed by atoms with Crippen LogP contribution < -0.4 is 5.73 Å². The fourth-order valence-corrected chi connectivity index (χ4v) is 2.40. The summed E-state index contributed by atoms with van der Waals surface area (Å²) in [5.41, 5.74) is 6.01. The van der Waals surface area contributed by atoms with E-state index in [1.54, 1.807) is 23.1 Å². The van der Waals surface area contributed by atoms with Gasteiger partial charge in [0.15, 0.2) is 0 Å². The molecule has 0 spiro atoms. The molecule has 92 valence electrons. The van der Waals surface area contributed by atoms with Gasteiger partial charge in [-0.25, -0.2) is 0 Å². The van der Waals surface area contributed by atoms with E-state index in [4.69, 9.17) is 5.73 Å². The van der Waals surface area contributed by atoms with E-state index in [1.807, 2.05) is 36.4 Å². The first-order valence-corrected chi connectivity index (χ1v) is 6.48. The van der Waals surface area contributed by atoms with Crippen molar-refractivity contribution in [3.63, 3.8) is 0 Å². The van der Waals surface area contributed by atoms with Gasteiger partial charge in [-0.05, 0) is 48.6 Å². The summed E-state index contributed by atoms with van der Waals surface area (Å²) in [7, 11) is 0. The average Bonchev–Trinajstić information content (AvgIpc) is 2.29. The number of carbonyl (C=O) groups excluding carboxylic acids is 2. The first kappa shape index (κ1) is 14.0.